The molecule has 3 nitrogen and oxygen atoms in total. The summed E-state index contributed by atoms with van der Waals surface area (Å²) in [5.41, 5.74) is 0. The standard InChI is InChI=1S/C12H26N2O/c1-6-9(3)11(5)13-8-12(15)14-10(4)7-2/h9-11,13H,6-8H2,1-5H3,(H,14,15). The zero-order valence-electron chi connectivity index (χ0n) is 10.8. The van der Waals surface area contributed by atoms with Gasteiger partial charge in [-0.2, -0.15) is 0 Å². The van der Waals surface area contributed by atoms with Crippen LogP contribution in [0.4, 0.5) is 0 Å². The van der Waals surface area contributed by atoms with Crippen molar-refractivity contribution in [2.75, 3.05) is 6.54 Å². The molecular formula is C12H26N2O. The van der Waals surface area contributed by atoms with Crippen LogP contribution in [0.15, 0.2) is 0 Å². The van der Waals surface area contributed by atoms with Gasteiger partial charge in [0.05, 0.1) is 6.54 Å². The van der Waals surface area contributed by atoms with Crippen LogP contribution < -0.4 is 10.6 Å². The molecule has 0 rings (SSSR count). The molecule has 0 aromatic heterocycles. The fraction of sp³-hybridized carbons (Fsp3) is 0.917. The van der Waals surface area contributed by atoms with Crippen molar-refractivity contribution in [3.63, 3.8) is 0 Å². The number of amides is 1. The maximum atomic E-state index is 11.5. The highest BCUT2D eigenvalue weighted by molar-refractivity contribution is 5.78. The summed E-state index contributed by atoms with van der Waals surface area (Å²) in [6, 6.07) is 0.677. The van der Waals surface area contributed by atoms with Gasteiger partial charge in [-0.1, -0.05) is 27.2 Å². The van der Waals surface area contributed by atoms with E-state index in [1.165, 1.54) is 0 Å². The molecule has 0 saturated heterocycles. The van der Waals surface area contributed by atoms with Gasteiger partial charge >= 0.3 is 0 Å². The Labute approximate surface area is 94.0 Å². The molecule has 0 aromatic carbocycles. The summed E-state index contributed by atoms with van der Waals surface area (Å²) in [6.07, 6.45) is 2.12. The van der Waals surface area contributed by atoms with Crippen LogP contribution >= 0.6 is 0 Å². The molecule has 3 heteroatoms. The summed E-state index contributed by atoms with van der Waals surface area (Å²) in [5.74, 6) is 0.709. The first-order valence-electron chi connectivity index (χ1n) is 6.03. The number of rotatable bonds is 7. The highest BCUT2D eigenvalue weighted by atomic mass is 16.1. The molecule has 0 aromatic rings. The van der Waals surface area contributed by atoms with Gasteiger partial charge in [0, 0.05) is 12.1 Å². The predicted octanol–water partition coefficient (Wildman–Crippen LogP) is 1.93. The minimum Gasteiger partial charge on any atom is -0.353 e. The molecule has 0 saturated carbocycles. The Bertz CT molecular complexity index is 182. The van der Waals surface area contributed by atoms with E-state index < -0.39 is 0 Å². The molecule has 2 N–H and O–H groups in total. The Morgan fingerprint density at radius 2 is 1.73 bits per heavy atom. The molecule has 0 aliphatic heterocycles. The van der Waals surface area contributed by atoms with Gasteiger partial charge in [-0.3, -0.25) is 4.79 Å². The number of nitrogens with one attached hydrogen (secondary N) is 2. The molecule has 0 bridgehead atoms. The van der Waals surface area contributed by atoms with Crippen LogP contribution in [0.25, 0.3) is 0 Å². The minimum atomic E-state index is 0.0968. The largest absolute Gasteiger partial charge is 0.353 e. The summed E-state index contributed by atoms with van der Waals surface area (Å²) in [6.45, 7) is 11.0. The van der Waals surface area contributed by atoms with Crippen molar-refractivity contribution in [1.29, 1.82) is 0 Å². The van der Waals surface area contributed by atoms with E-state index in [9.17, 15) is 4.79 Å². The quantitative estimate of drug-likeness (QED) is 0.680. The van der Waals surface area contributed by atoms with Gasteiger partial charge in [-0.25, -0.2) is 0 Å². The van der Waals surface area contributed by atoms with Crippen LogP contribution in [-0.2, 0) is 4.79 Å². The van der Waals surface area contributed by atoms with Crippen LogP contribution in [0.2, 0.25) is 0 Å². The SMILES string of the molecule is CCC(C)NC(=O)CNC(C)C(C)CC. The monoisotopic (exact) mass is 214 g/mol. The van der Waals surface area contributed by atoms with Gasteiger partial charge in [-0.05, 0) is 26.2 Å². The van der Waals surface area contributed by atoms with Crippen molar-refractivity contribution in [2.24, 2.45) is 5.92 Å². The van der Waals surface area contributed by atoms with Crippen LogP contribution in [0.1, 0.15) is 47.5 Å². The predicted molar refractivity (Wildman–Crippen MR) is 64.8 cm³/mol. The third kappa shape index (κ3) is 6.50. The van der Waals surface area contributed by atoms with Gasteiger partial charge in [0.25, 0.3) is 0 Å². The van der Waals surface area contributed by atoms with Crippen molar-refractivity contribution in [1.82, 2.24) is 10.6 Å². The average Bonchev–Trinajstić information content (AvgIpc) is 2.24. The molecule has 1 amide bonds. The van der Waals surface area contributed by atoms with E-state index in [0.717, 1.165) is 12.8 Å². The fourth-order valence-corrected chi connectivity index (χ4v) is 1.24. The van der Waals surface area contributed by atoms with Crippen LogP contribution in [0.5, 0.6) is 0 Å². The van der Waals surface area contributed by atoms with E-state index >= 15 is 0 Å². The zero-order valence-corrected chi connectivity index (χ0v) is 10.8. The number of carbonyl (C=O) groups is 1. The molecule has 3 atom stereocenters. The van der Waals surface area contributed by atoms with Crippen molar-refractivity contribution in [2.45, 2.75) is 59.5 Å². The number of hydrogen-bond donors (Lipinski definition) is 2. The zero-order chi connectivity index (χ0) is 11.8. The highest BCUT2D eigenvalue weighted by Gasteiger charge is 2.11. The molecule has 3 unspecified atom stereocenters. The van der Waals surface area contributed by atoms with E-state index in [2.05, 4.69) is 38.3 Å². The van der Waals surface area contributed by atoms with E-state index in [1.54, 1.807) is 0 Å². The topological polar surface area (TPSA) is 41.1 Å². The van der Waals surface area contributed by atoms with Crippen LogP contribution in [-0.4, -0.2) is 24.5 Å². The maximum Gasteiger partial charge on any atom is 0.234 e. The van der Waals surface area contributed by atoms with Crippen molar-refractivity contribution >= 4 is 5.91 Å². The van der Waals surface area contributed by atoms with Gasteiger partial charge in [0.2, 0.25) is 5.91 Å². The summed E-state index contributed by atoms with van der Waals surface area (Å²) in [5, 5.41) is 6.19. The Morgan fingerprint density at radius 1 is 1.13 bits per heavy atom. The molecule has 0 radical (unpaired) electrons. The smallest absolute Gasteiger partial charge is 0.234 e. The Kier molecular flexibility index (Phi) is 7.39. The van der Waals surface area contributed by atoms with E-state index in [1.807, 2.05) is 6.92 Å². The molecule has 0 aliphatic carbocycles. The second-order valence-electron chi connectivity index (χ2n) is 4.43. The van der Waals surface area contributed by atoms with E-state index in [-0.39, 0.29) is 11.9 Å². The Morgan fingerprint density at radius 3 is 2.20 bits per heavy atom. The average molecular weight is 214 g/mol. The van der Waals surface area contributed by atoms with Gasteiger partial charge < -0.3 is 10.6 Å². The molecule has 0 spiro atoms. The normalized spacial score (nSPS) is 16.9. The summed E-state index contributed by atoms with van der Waals surface area (Å²) < 4.78 is 0. The second kappa shape index (κ2) is 7.69. The first kappa shape index (κ1) is 14.4. The van der Waals surface area contributed by atoms with Gasteiger partial charge in [-0.15, -0.1) is 0 Å². The molecule has 90 valence electrons. The second-order valence-corrected chi connectivity index (χ2v) is 4.43. The summed E-state index contributed by atoms with van der Waals surface area (Å²) >= 11 is 0. The highest BCUT2D eigenvalue weighted by Crippen LogP contribution is 2.05. The lowest BCUT2D eigenvalue weighted by Gasteiger charge is -2.20. The maximum absolute atomic E-state index is 11.5. The van der Waals surface area contributed by atoms with E-state index in [4.69, 9.17) is 0 Å². The molecule has 0 heterocycles. The molecule has 15 heavy (non-hydrogen) atoms. The first-order chi connectivity index (χ1) is 7.01. The van der Waals surface area contributed by atoms with Gasteiger partial charge in [0.1, 0.15) is 0 Å². The fourth-order valence-electron chi connectivity index (χ4n) is 1.24. The Balaban J connectivity index is 3.71. The lowest BCUT2D eigenvalue weighted by atomic mass is 10.0. The summed E-state index contributed by atoms with van der Waals surface area (Å²) in [7, 11) is 0. The van der Waals surface area contributed by atoms with Gasteiger partial charge in [0.15, 0.2) is 0 Å². The third-order valence-electron chi connectivity index (χ3n) is 3.10. The Hall–Kier alpha value is -0.570. The molecule has 0 fully saturated rings. The number of carbonyl (C=O) groups excluding carboxylic acids is 1. The lowest BCUT2D eigenvalue weighted by molar-refractivity contribution is -0.121. The molecule has 0 aliphatic rings. The van der Waals surface area contributed by atoms with E-state index in [0.29, 0.717) is 18.5 Å². The van der Waals surface area contributed by atoms with Crippen molar-refractivity contribution in [3.8, 4) is 0 Å². The summed E-state index contributed by atoms with van der Waals surface area (Å²) in [4.78, 5) is 11.5. The van der Waals surface area contributed by atoms with Crippen molar-refractivity contribution in [3.05, 3.63) is 0 Å². The third-order valence-corrected chi connectivity index (χ3v) is 3.10. The first-order valence-corrected chi connectivity index (χ1v) is 6.03. The molecular weight excluding hydrogens is 188 g/mol. The van der Waals surface area contributed by atoms with Crippen LogP contribution in [0, 0.1) is 5.92 Å². The lowest BCUT2D eigenvalue weighted by Crippen LogP contribution is -2.43. The minimum absolute atomic E-state index is 0.0968. The van der Waals surface area contributed by atoms with Crippen LogP contribution in [0.3, 0.4) is 0 Å². The van der Waals surface area contributed by atoms with Crippen molar-refractivity contribution < 1.29 is 4.79 Å². The number of hydrogen-bond acceptors (Lipinski definition) is 2.